The Bertz CT molecular complexity index is 4850. The molecular weight excluding hydrogens is 1570 g/mol. The molecule has 2 N–H and O–H groups in total. The Labute approximate surface area is 717 Å². The van der Waals surface area contributed by atoms with Gasteiger partial charge in [0.25, 0.3) is 11.8 Å². The Morgan fingerprint density at radius 1 is 0.301 bits per heavy atom. The predicted octanol–water partition coefficient (Wildman–Crippen LogP) is 13.7. The topological polar surface area (TPSA) is 244 Å². The number of amides is 2. The second-order valence-corrected chi connectivity index (χ2v) is 31.5. The van der Waals surface area contributed by atoms with Crippen LogP contribution < -0.4 is 0 Å². The Balaban J connectivity index is 0.849. The van der Waals surface area contributed by atoms with Crippen molar-refractivity contribution in [2.45, 2.75) is 202 Å². The van der Waals surface area contributed by atoms with Crippen LogP contribution in [0.3, 0.4) is 0 Å². The summed E-state index contributed by atoms with van der Waals surface area (Å²) in [6.45, 7) is 3.01. The fourth-order valence-electron chi connectivity index (χ4n) is 16.3. The number of hydrogen-bond donors (Lipinski definition) is 2. The van der Waals surface area contributed by atoms with E-state index in [0.717, 1.165) is 49.4 Å². The molecule has 6 heterocycles. The van der Waals surface area contributed by atoms with Crippen LogP contribution in [0.15, 0.2) is 314 Å². The van der Waals surface area contributed by atoms with E-state index in [4.69, 9.17) is 85.3 Å². The zero-order valence-corrected chi connectivity index (χ0v) is 68.7. The van der Waals surface area contributed by atoms with Crippen LogP contribution >= 0.6 is 0 Å². The summed E-state index contributed by atoms with van der Waals surface area (Å²) in [6, 6.07) is 94.8. The summed E-state index contributed by atoms with van der Waals surface area (Å²) >= 11 is 0. The molecule has 5 saturated heterocycles. The summed E-state index contributed by atoms with van der Waals surface area (Å²) in [7, 11) is 0. The highest BCUT2D eigenvalue weighted by Gasteiger charge is 2.61. The fourth-order valence-corrected chi connectivity index (χ4v) is 16.3. The highest BCUT2D eigenvalue weighted by atomic mass is 16.8. The Morgan fingerprint density at radius 2 is 0.610 bits per heavy atom. The number of imide groups is 1. The van der Waals surface area contributed by atoms with Crippen molar-refractivity contribution in [1.82, 2.24) is 4.90 Å². The monoisotopic (exact) mass is 1670 g/mol. The molecule has 10 aromatic carbocycles. The van der Waals surface area contributed by atoms with Gasteiger partial charge in [-0.05, 0) is 63.9 Å². The molecule has 123 heavy (non-hydrogen) atoms. The largest absolute Gasteiger partial charge is 0.387 e. The third-order valence-corrected chi connectivity index (χ3v) is 22.9. The van der Waals surface area contributed by atoms with Crippen LogP contribution in [0.25, 0.3) is 0 Å². The van der Waals surface area contributed by atoms with E-state index in [-0.39, 0.29) is 97.0 Å². The molecule has 0 aliphatic carbocycles. The van der Waals surface area contributed by atoms with Crippen molar-refractivity contribution >= 4 is 11.8 Å². The first-order valence-corrected chi connectivity index (χ1v) is 42.1. The maximum atomic E-state index is 15.8. The lowest BCUT2D eigenvalue weighted by Gasteiger charge is -2.53. The molecule has 0 bridgehead atoms. The van der Waals surface area contributed by atoms with E-state index >= 15 is 9.59 Å². The maximum Gasteiger partial charge on any atom is 0.257 e. The average Bonchev–Trinajstić information content (AvgIpc) is 1.71. The summed E-state index contributed by atoms with van der Waals surface area (Å²) in [5.74, 6) is -1.35. The second kappa shape index (κ2) is 43.3. The fraction of sp³-hybridized carbons (Fsp3) is 0.360. The number of aliphatic hydroxyl groups excluding tert-OH is 2. The first-order chi connectivity index (χ1) is 60.5. The van der Waals surface area contributed by atoms with E-state index in [1.165, 1.54) is 0 Å². The molecule has 21 atom stereocenters. The number of carbonyl (C=O) groups is 2. The van der Waals surface area contributed by atoms with Crippen LogP contribution in [-0.2, 0) is 154 Å². The number of ether oxygens (including phenoxy) is 18. The molecule has 10 aromatic rings. The molecule has 2 amide bonds. The number of nitrogens with zero attached hydrogens (tertiary/aromatic N) is 1. The van der Waals surface area contributed by atoms with Crippen molar-refractivity contribution in [3.8, 4) is 0 Å². The molecule has 0 radical (unpaired) electrons. The minimum atomic E-state index is -1.79. The molecule has 0 saturated carbocycles. The van der Waals surface area contributed by atoms with Gasteiger partial charge in [0, 0.05) is 16.7 Å². The quantitative estimate of drug-likeness (QED) is 0.0342. The van der Waals surface area contributed by atoms with Gasteiger partial charge in [-0.2, -0.15) is 0 Å². The highest BCUT2D eigenvalue weighted by molar-refractivity contribution is 6.19. The van der Waals surface area contributed by atoms with Gasteiger partial charge >= 0.3 is 0 Å². The molecule has 6 aliphatic heterocycles. The second-order valence-electron chi connectivity index (χ2n) is 31.5. The number of carbonyl (C=O) groups excluding carboxylic acids is 2. The van der Waals surface area contributed by atoms with Crippen LogP contribution in [-0.4, -0.2) is 176 Å². The van der Waals surface area contributed by atoms with Crippen molar-refractivity contribution in [2.75, 3.05) is 26.4 Å². The maximum absolute atomic E-state index is 15.8. The zero-order valence-electron chi connectivity index (χ0n) is 68.7. The molecule has 6 aliphatic rings. The Kier molecular flexibility index (Phi) is 30.5. The van der Waals surface area contributed by atoms with Gasteiger partial charge in [0.2, 0.25) is 0 Å². The van der Waals surface area contributed by atoms with Crippen LogP contribution in [0.4, 0.5) is 0 Å². The molecule has 23 nitrogen and oxygen atoms in total. The van der Waals surface area contributed by atoms with E-state index in [2.05, 4.69) is 0 Å². The van der Waals surface area contributed by atoms with Crippen LogP contribution in [0.5, 0.6) is 0 Å². The summed E-state index contributed by atoms with van der Waals surface area (Å²) in [4.78, 5) is 32.6. The van der Waals surface area contributed by atoms with Gasteiger partial charge in [-0.3, -0.25) is 14.5 Å². The first-order valence-electron chi connectivity index (χ1n) is 42.1. The van der Waals surface area contributed by atoms with Crippen molar-refractivity contribution in [2.24, 2.45) is 0 Å². The Hall–Kier alpha value is -9.72. The molecule has 1 unspecified atom stereocenters. The number of fused-ring (bicyclic) bond motifs is 1. The van der Waals surface area contributed by atoms with Crippen molar-refractivity contribution < 1.29 is 105 Å². The minimum absolute atomic E-state index is 0.0201. The summed E-state index contributed by atoms with van der Waals surface area (Å²) in [5.41, 5.74) is 8.45. The molecule has 23 heteroatoms. The molecule has 0 aromatic heterocycles. The lowest BCUT2D eigenvalue weighted by molar-refractivity contribution is -0.400. The van der Waals surface area contributed by atoms with E-state index in [0.29, 0.717) is 11.1 Å². The van der Waals surface area contributed by atoms with Gasteiger partial charge in [0.05, 0.1) is 85.9 Å². The summed E-state index contributed by atoms with van der Waals surface area (Å²) in [6.07, 6.45) is -26.4. The lowest BCUT2D eigenvalue weighted by atomic mass is 9.92. The van der Waals surface area contributed by atoms with E-state index < -0.39 is 141 Å². The molecule has 16 rings (SSSR count). The van der Waals surface area contributed by atoms with Gasteiger partial charge in [0.1, 0.15) is 97.6 Å². The predicted molar refractivity (Wildman–Crippen MR) is 450 cm³/mol. The van der Waals surface area contributed by atoms with Gasteiger partial charge in [-0.1, -0.05) is 303 Å². The molecule has 642 valence electrons. The summed E-state index contributed by atoms with van der Waals surface area (Å²) in [5, 5.41) is 24.9. The van der Waals surface area contributed by atoms with Crippen molar-refractivity contribution in [3.63, 3.8) is 0 Å². The number of rotatable bonds is 38. The first kappa shape index (κ1) is 86.8. The van der Waals surface area contributed by atoms with Crippen LogP contribution in [0.2, 0.25) is 0 Å². The van der Waals surface area contributed by atoms with Crippen molar-refractivity contribution in [1.29, 1.82) is 0 Å². The van der Waals surface area contributed by atoms with Crippen LogP contribution in [0.1, 0.15) is 75.8 Å². The Morgan fingerprint density at radius 3 is 1.02 bits per heavy atom. The van der Waals surface area contributed by atoms with E-state index in [9.17, 15) is 10.2 Å². The third kappa shape index (κ3) is 22.3. The number of hydrogen-bond acceptors (Lipinski definition) is 22. The zero-order chi connectivity index (χ0) is 84.1. The minimum Gasteiger partial charge on any atom is -0.387 e. The van der Waals surface area contributed by atoms with E-state index in [1.807, 2.05) is 303 Å². The standard InChI is InChI=1S/C100H105NO22/c1-66-67(2)95(105)101(94(66)104)82-89(110-57-72-41-21-7-22-42-72)87(121-98-84(103)83(102)85-81(117-98)65-115-96(120-85)77-51-31-12-32-52-77)79(63-107-54-69-35-15-4-16-36-69)116-97(82)123-91-86(109-56-71-39-19-6-20-40-71)78(62-106-53-68-33-13-3-14-34-68)119-100(93(91)113-60-75-47-27-10-28-48-75)122-88-80(64-108-55-70-37-17-5-18-38-70)118-99(114-61-76-49-29-11-30-50-76)92(112-59-74-45-25-9-26-46-74)90(88)111-58-73-43-23-8-24-44-73/h3-52,78-93,96-100,102-103H,53-65H2,1-2H3/t78-,79-,80-,81-,82-,83-,84-,85+,86+,87-,88-,89-,90+,91+,92-,93-,96?,97+,98+,99-,100+/m1/s1. The van der Waals surface area contributed by atoms with Crippen LogP contribution in [0, 0.1) is 0 Å². The average molecular weight is 1670 g/mol. The van der Waals surface area contributed by atoms with E-state index in [1.54, 1.807) is 13.8 Å². The van der Waals surface area contributed by atoms with Gasteiger partial charge in [-0.25, -0.2) is 0 Å². The molecular formula is C100H105NO22. The number of benzene rings is 10. The lowest BCUT2D eigenvalue weighted by Crippen LogP contribution is -2.71. The van der Waals surface area contributed by atoms with Gasteiger partial charge in [0.15, 0.2) is 31.5 Å². The van der Waals surface area contributed by atoms with Gasteiger partial charge < -0.3 is 95.5 Å². The normalized spacial score (nSPS) is 28.5. The smallest absolute Gasteiger partial charge is 0.257 e. The SMILES string of the molecule is CC1=C(C)C(=O)N([C@H]2[C@H](O[C@H]3[C@@H](OCc4ccccc4)[C@@H](COCc4ccccc4)O[C@@H](O[C@H]4[C@H](OCc5ccccc5)[C@@H](OCc5ccccc5)[C@H](OCc5ccccc5)O[C@@H]4COCc4ccccc4)[C@@H]3OCc3ccccc3)O[C@H](COCc3ccccc3)[C@@H](O[C@@H]3O[C@@H]4COC(c5ccccc5)O[C@@H]4[C@H](O)[C@H]3O)[C@@H]2OCc2ccccc2)C1=O. The van der Waals surface area contributed by atoms with Gasteiger partial charge in [-0.15, -0.1) is 0 Å². The third-order valence-electron chi connectivity index (χ3n) is 22.9. The summed E-state index contributed by atoms with van der Waals surface area (Å²) < 4.78 is 130. The highest BCUT2D eigenvalue weighted by Crippen LogP contribution is 2.44. The molecule has 0 spiro atoms. The number of aliphatic hydroxyl groups is 2. The molecule has 5 fully saturated rings. The van der Waals surface area contributed by atoms with Crippen molar-refractivity contribution in [3.05, 3.63) is 370 Å².